The first kappa shape index (κ1) is 19.2. The Balaban J connectivity index is 1.87. The molecule has 0 spiro atoms. The van der Waals surface area contributed by atoms with E-state index in [9.17, 15) is 18.0 Å². The number of hydrogen-bond donors (Lipinski definition) is 1. The summed E-state index contributed by atoms with van der Waals surface area (Å²) >= 11 is 7.54. The van der Waals surface area contributed by atoms with E-state index in [2.05, 4.69) is 4.99 Å². The minimum absolute atomic E-state index is 0.0118. The molecule has 0 saturated carbocycles. The zero-order valence-corrected chi connectivity index (χ0v) is 16.1. The second-order valence-electron chi connectivity index (χ2n) is 6.16. The van der Waals surface area contributed by atoms with Gasteiger partial charge in [0.1, 0.15) is 0 Å². The largest absolute Gasteiger partial charge is 0.481 e. The van der Waals surface area contributed by atoms with Crippen molar-refractivity contribution < 1.29 is 23.1 Å². The standard InChI is InChI=1S/C16H17ClN2O5S2/c17-10-4-1-2-5-11(10)19-12-8-26(23,24)9-13(12)25-16(19)18-14(20)6-3-7-15(21)22/h1-2,4-5,12-13H,3,6-9H2,(H,21,22)/t12-,13-/m1/s1. The van der Waals surface area contributed by atoms with E-state index in [0.29, 0.717) is 15.9 Å². The van der Waals surface area contributed by atoms with Crippen molar-refractivity contribution >= 4 is 55.9 Å². The summed E-state index contributed by atoms with van der Waals surface area (Å²) in [4.78, 5) is 28.5. The van der Waals surface area contributed by atoms with Crippen molar-refractivity contribution in [1.82, 2.24) is 0 Å². The Morgan fingerprint density at radius 2 is 2.00 bits per heavy atom. The number of carboxylic acid groups (broad SMARTS) is 1. The van der Waals surface area contributed by atoms with E-state index in [1.165, 1.54) is 11.8 Å². The maximum atomic E-state index is 12.1. The highest BCUT2D eigenvalue weighted by Gasteiger charge is 2.49. The summed E-state index contributed by atoms with van der Waals surface area (Å²) in [6.45, 7) is 0. The second kappa shape index (κ2) is 7.58. The van der Waals surface area contributed by atoms with E-state index in [-0.39, 0.29) is 42.1 Å². The van der Waals surface area contributed by atoms with Gasteiger partial charge in [-0.25, -0.2) is 8.42 Å². The number of nitrogens with zero attached hydrogens (tertiary/aromatic N) is 2. The lowest BCUT2D eigenvalue weighted by Crippen LogP contribution is -2.37. The zero-order chi connectivity index (χ0) is 18.9. The molecule has 0 unspecified atom stereocenters. The van der Waals surface area contributed by atoms with E-state index in [4.69, 9.17) is 16.7 Å². The molecule has 2 aliphatic heterocycles. The number of fused-ring (bicyclic) bond motifs is 1. The van der Waals surface area contributed by atoms with Crippen LogP contribution >= 0.6 is 23.4 Å². The van der Waals surface area contributed by atoms with Gasteiger partial charge in [0.25, 0.3) is 0 Å². The number of rotatable bonds is 5. The van der Waals surface area contributed by atoms with Crippen LogP contribution in [0.4, 0.5) is 5.69 Å². The lowest BCUT2D eigenvalue weighted by molar-refractivity contribution is -0.137. The molecule has 140 valence electrons. The molecule has 3 rings (SSSR count). The van der Waals surface area contributed by atoms with Crippen molar-refractivity contribution in [1.29, 1.82) is 0 Å². The van der Waals surface area contributed by atoms with Crippen LogP contribution in [0.15, 0.2) is 29.3 Å². The van der Waals surface area contributed by atoms with Crippen molar-refractivity contribution in [2.75, 3.05) is 16.4 Å². The predicted octanol–water partition coefficient (Wildman–Crippen LogP) is 2.20. The van der Waals surface area contributed by atoms with Crippen molar-refractivity contribution in [2.45, 2.75) is 30.6 Å². The molecule has 2 aliphatic rings. The molecule has 0 bridgehead atoms. The number of thioether (sulfide) groups is 1. The summed E-state index contributed by atoms with van der Waals surface area (Å²) in [6, 6.07) is 6.70. The quantitative estimate of drug-likeness (QED) is 0.784. The number of carbonyl (C=O) groups is 2. The number of halogens is 1. The van der Waals surface area contributed by atoms with Gasteiger partial charge in [0.05, 0.1) is 28.3 Å². The smallest absolute Gasteiger partial charge is 0.303 e. The highest BCUT2D eigenvalue weighted by atomic mass is 35.5. The van der Waals surface area contributed by atoms with Gasteiger partial charge in [-0.1, -0.05) is 35.5 Å². The number of carbonyl (C=O) groups excluding carboxylic acids is 1. The summed E-state index contributed by atoms with van der Waals surface area (Å²) in [5, 5.41) is 9.32. The molecule has 0 aromatic heterocycles. The van der Waals surface area contributed by atoms with Crippen LogP contribution in [0.1, 0.15) is 19.3 Å². The molecule has 1 aromatic rings. The number of anilines is 1. The normalized spacial score (nSPS) is 25.4. The summed E-state index contributed by atoms with van der Waals surface area (Å²) in [6.07, 6.45) is 0.144. The number of benzene rings is 1. The molecule has 2 fully saturated rings. The van der Waals surface area contributed by atoms with Crippen LogP contribution in [0.3, 0.4) is 0 Å². The molecular formula is C16H17ClN2O5S2. The summed E-state index contributed by atoms with van der Waals surface area (Å²) in [5.74, 6) is -1.36. The van der Waals surface area contributed by atoms with Gasteiger partial charge >= 0.3 is 5.97 Å². The van der Waals surface area contributed by atoms with Crippen LogP contribution in [-0.4, -0.2) is 53.4 Å². The van der Waals surface area contributed by atoms with Crippen LogP contribution in [-0.2, 0) is 19.4 Å². The molecule has 1 amide bonds. The van der Waals surface area contributed by atoms with Gasteiger partial charge in [0, 0.05) is 18.1 Å². The van der Waals surface area contributed by atoms with Gasteiger partial charge in [0.2, 0.25) is 5.91 Å². The number of sulfone groups is 1. The molecule has 7 nitrogen and oxygen atoms in total. The number of amides is 1. The van der Waals surface area contributed by atoms with E-state index in [0.717, 1.165) is 0 Å². The first-order chi connectivity index (χ1) is 12.3. The molecule has 2 atom stereocenters. The van der Waals surface area contributed by atoms with Crippen LogP contribution < -0.4 is 4.90 Å². The number of para-hydroxylation sites is 1. The fourth-order valence-electron chi connectivity index (χ4n) is 3.05. The summed E-state index contributed by atoms with van der Waals surface area (Å²) < 4.78 is 24.0. The molecule has 0 aliphatic carbocycles. The Bertz CT molecular complexity index is 871. The Kier molecular flexibility index (Phi) is 5.59. The highest BCUT2D eigenvalue weighted by Crippen LogP contribution is 2.42. The average Bonchev–Trinajstić information content (AvgIpc) is 2.98. The number of aliphatic carboxylic acids is 1. The number of carboxylic acids is 1. The lowest BCUT2D eigenvalue weighted by Gasteiger charge is -2.25. The van der Waals surface area contributed by atoms with E-state index >= 15 is 0 Å². The van der Waals surface area contributed by atoms with Crippen LogP contribution in [0.25, 0.3) is 0 Å². The zero-order valence-electron chi connectivity index (χ0n) is 13.7. The molecular weight excluding hydrogens is 400 g/mol. The van der Waals surface area contributed by atoms with Crippen LogP contribution in [0.2, 0.25) is 5.02 Å². The second-order valence-corrected chi connectivity index (χ2v) is 9.92. The average molecular weight is 417 g/mol. The minimum atomic E-state index is -3.15. The number of aliphatic imine (C=N–C) groups is 1. The third kappa shape index (κ3) is 4.21. The van der Waals surface area contributed by atoms with Gasteiger partial charge in [0.15, 0.2) is 15.0 Å². The number of hydrogen-bond acceptors (Lipinski definition) is 5. The lowest BCUT2D eigenvalue weighted by atomic mass is 10.2. The Morgan fingerprint density at radius 3 is 2.69 bits per heavy atom. The fourth-order valence-corrected chi connectivity index (χ4v) is 7.20. The van der Waals surface area contributed by atoms with Crippen LogP contribution in [0.5, 0.6) is 0 Å². The van der Waals surface area contributed by atoms with Crippen LogP contribution in [0, 0.1) is 0 Å². The molecule has 10 heteroatoms. The van der Waals surface area contributed by atoms with E-state index < -0.39 is 21.7 Å². The Morgan fingerprint density at radius 1 is 1.27 bits per heavy atom. The fraction of sp³-hybridized carbons (Fsp3) is 0.438. The Labute approximate surface area is 160 Å². The Hall–Kier alpha value is -1.58. The molecule has 2 saturated heterocycles. The SMILES string of the molecule is O=C(O)CCCC(=O)N=C1S[C@@H]2CS(=O)(=O)C[C@H]2N1c1ccccc1Cl. The van der Waals surface area contributed by atoms with Gasteiger partial charge < -0.3 is 10.0 Å². The maximum absolute atomic E-state index is 12.1. The summed E-state index contributed by atoms with van der Waals surface area (Å²) in [5.41, 5.74) is 0.614. The monoisotopic (exact) mass is 416 g/mol. The van der Waals surface area contributed by atoms with Gasteiger partial charge in [-0.05, 0) is 18.6 Å². The molecule has 26 heavy (non-hydrogen) atoms. The van der Waals surface area contributed by atoms with E-state index in [1.54, 1.807) is 29.2 Å². The number of amidine groups is 1. The van der Waals surface area contributed by atoms with E-state index in [1.807, 2.05) is 0 Å². The topological polar surface area (TPSA) is 104 Å². The van der Waals surface area contributed by atoms with Crippen molar-refractivity contribution in [3.63, 3.8) is 0 Å². The highest BCUT2D eigenvalue weighted by molar-refractivity contribution is 8.16. The minimum Gasteiger partial charge on any atom is -0.481 e. The van der Waals surface area contributed by atoms with Gasteiger partial charge in [-0.15, -0.1) is 0 Å². The van der Waals surface area contributed by atoms with Gasteiger partial charge in [-0.2, -0.15) is 4.99 Å². The third-order valence-corrected chi connectivity index (χ3v) is 7.71. The van der Waals surface area contributed by atoms with Gasteiger partial charge in [-0.3, -0.25) is 9.59 Å². The first-order valence-corrected chi connectivity index (χ1v) is 11.1. The van der Waals surface area contributed by atoms with Crippen molar-refractivity contribution in [3.8, 4) is 0 Å². The first-order valence-electron chi connectivity index (χ1n) is 8.01. The maximum Gasteiger partial charge on any atom is 0.303 e. The predicted molar refractivity (Wildman–Crippen MR) is 102 cm³/mol. The summed E-state index contributed by atoms with van der Waals surface area (Å²) in [7, 11) is -3.15. The molecule has 1 N–H and O–H groups in total. The van der Waals surface area contributed by atoms with Crippen molar-refractivity contribution in [2.24, 2.45) is 4.99 Å². The molecule has 2 heterocycles. The molecule has 0 radical (unpaired) electrons. The van der Waals surface area contributed by atoms with Crippen molar-refractivity contribution in [3.05, 3.63) is 29.3 Å². The molecule has 1 aromatic carbocycles. The third-order valence-electron chi connectivity index (χ3n) is 4.18.